The summed E-state index contributed by atoms with van der Waals surface area (Å²) in [5.41, 5.74) is 13.6. The molecule has 0 radical (unpaired) electrons. The summed E-state index contributed by atoms with van der Waals surface area (Å²) < 4.78 is 7.21. The summed E-state index contributed by atoms with van der Waals surface area (Å²) >= 11 is 0. The molecule has 50 heavy (non-hydrogen) atoms. The van der Waals surface area contributed by atoms with Crippen LogP contribution in [0.5, 0.6) is 0 Å². The first kappa shape index (κ1) is 34.7. The van der Waals surface area contributed by atoms with Crippen LogP contribution in [0.15, 0.2) is 146 Å². The van der Waals surface area contributed by atoms with Crippen molar-refractivity contribution in [3.63, 3.8) is 0 Å². The van der Waals surface area contributed by atoms with Crippen LogP contribution in [-0.2, 0) is 23.4 Å². The second-order valence-corrected chi connectivity index (χ2v) is 13.7. The first-order valence-corrected chi connectivity index (χ1v) is 17.8. The van der Waals surface area contributed by atoms with Crippen molar-refractivity contribution in [2.24, 2.45) is 0 Å². The maximum Gasteiger partial charge on any atom is 0.144 e. The second kappa shape index (κ2) is 15.6. The Bertz CT molecular complexity index is 1910. The minimum absolute atomic E-state index is 0.451. The number of hydrogen-bond donors (Lipinski definition) is 0. The summed E-state index contributed by atoms with van der Waals surface area (Å²) in [5.74, 6) is 0. The topological polar surface area (TPSA) is 15.7 Å². The average molecular weight is 659 g/mol. The SMILES string of the molecule is CCCCc1ccc(-c2ccc(-c3ccc(COC(c4ccccc4)(c4ccc(N(C)C)cc4)c4ccc(N(C)C)cc4)cc3)c(C)c2)cc1. The van der Waals surface area contributed by atoms with Crippen molar-refractivity contribution in [2.75, 3.05) is 38.0 Å². The van der Waals surface area contributed by atoms with E-state index in [1.54, 1.807) is 0 Å². The van der Waals surface area contributed by atoms with E-state index in [0.717, 1.165) is 40.0 Å². The number of hydrogen-bond acceptors (Lipinski definition) is 3. The van der Waals surface area contributed by atoms with Crippen LogP contribution in [0.4, 0.5) is 11.4 Å². The maximum atomic E-state index is 7.21. The molecule has 6 rings (SSSR count). The summed E-state index contributed by atoms with van der Waals surface area (Å²) in [7, 11) is 8.29. The van der Waals surface area contributed by atoms with Gasteiger partial charge in [-0.3, -0.25) is 0 Å². The molecular weight excluding hydrogens is 609 g/mol. The molecule has 0 bridgehead atoms. The second-order valence-electron chi connectivity index (χ2n) is 13.7. The van der Waals surface area contributed by atoms with E-state index >= 15 is 0 Å². The highest BCUT2D eigenvalue weighted by molar-refractivity contribution is 5.74. The molecule has 3 heteroatoms. The van der Waals surface area contributed by atoms with E-state index in [4.69, 9.17) is 4.74 Å². The summed E-state index contributed by atoms with van der Waals surface area (Å²) in [6.45, 7) is 4.91. The number of nitrogens with zero attached hydrogens (tertiary/aromatic N) is 2. The van der Waals surface area contributed by atoms with Crippen LogP contribution in [0.1, 0.15) is 53.1 Å². The number of aryl methyl sites for hydroxylation is 2. The van der Waals surface area contributed by atoms with Crippen molar-refractivity contribution < 1.29 is 4.74 Å². The van der Waals surface area contributed by atoms with Crippen LogP contribution < -0.4 is 9.80 Å². The lowest BCUT2D eigenvalue weighted by Gasteiger charge is -2.36. The van der Waals surface area contributed by atoms with Gasteiger partial charge in [0.1, 0.15) is 5.60 Å². The van der Waals surface area contributed by atoms with E-state index in [9.17, 15) is 0 Å². The Morgan fingerprint density at radius 1 is 0.520 bits per heavy atom. The zero-order valence-electron chi connectivity index (χ0n) is 30.5. The Balaban J connectivity index is 1.30. The zero-order chi connectivity index (χ0) is 35.1. The summed E-state index contributed by atoms with van der Waals surface area (Å²) in [4.78, 5) is 4.26. The molecule has 0 spiro atoms. The molecule has 6 aromatic rings. The van der Waals surface area contributed by atoms with E-state index in [2.05, 4.69) is 197 Å². The van der Waals surface area contributed by atoms with E-state index in [-0.39, 0.29) is 0 Å². The molecular formula is C47H50N2O. The lowest BCUT2D eigenvalue weighted by molar-refractivity contribution is 0.000261. The first-order chi connectivity index (χ1) is 24.3. The molecule has 0 heterocycles. The van der Waals surface area contributed by atoms with Gasteiger partial charge >= 0.3 is 0 Å². The molecule has 254 valence electrons. The number of anilines is 2. The van der Waals surface area contributed by atoms with Crippen LogP contribution in [0, 0.1) is 6.92 Å². The molecule has 0 amide bonds. The van der Waals surface area contributed by atoms with Gasteiger partial charge in [-0.05, 0) is 99.7 Å². The number of unbranched alkanes of at least 4 members (excludes halogenated alkanes) is 1. The van der Waals surface area contributed by atoms with Gasteiger partial charge in [0.25, 0.3) is 0 Å². The van der Waals surface area contributed by atoms with Crippen LogP contribution in [0.25, 0.3) is 22.3 Å². The van der Waals surface area contributed by atoms with Crippen LogP contribution >= 0.6 is 0 Å². The van der Waals surface area contributed by atoms with Gasteiger partial charge in [-0.15, -0.1) is 0 Å². The lowest BCUT2D eigenvalue weighted by Crippen LogP contribution is -2.33. The van der Waals surface area contributed by atoms with Crippen LogP contribution in [-0.4, -0.2) is 28.2 Å². The molecule has 0 atom stereocenters. The van der Waals surface area contributed by atoms with Crippen molar-refractivity contribution >= 4 is 11.4 Å². The predicted octanol–water partition coefficient (Wildman–Crippen LogP) is 11.3. The van der Waals surface area contributed by atoms with Gasteiger partial charge in [0, 0.05) is 39.6 Å². The Morgan fingerprint density at radius 2 is 1.02 bits per heavy atom. The molecule has 0 aliphatic heterocycles. The maximum absolute atomic E-state index is 7.21. The summed E-state index contributed by atoms with van der Waals surface area (Å²) in [6.07, 6.45) is 3.61. The summed E-state index contributed by atoms with van der Waals surface area (Å²) in [5, 5.41) is 0. The van der Waals surface area contributed by atoms with Gasteiger partial charge in [0.05, 0.1) is 6.61 Å². The summed E-state index contributed by atoms with van der Waals surface area (Å²) in [6, 6.07) is 52.9. The fourth-order valence-corrected chi connectivity index (χ4v) is 6.80. The van der Waals surface area contributed by atoms with Crippen molar-refractivity contribution in [3.8, 4) is 22.3 Å². The van der Waals surface area contributed by atoms with Crippen LogP contribution in [0.2, 0.25) is 0 Å². The third kappa shape index (κ3) is 7.54. The lowest BCUT2D eigenvalue weighted by atomic mass is 9.79. The van der Waals surface area contributed by atoms with E-state index in [0.29, 0.717) is 6.61 Å². The van der Waals surface area contributed by atoms with Crippen LogP contribution in [0.3, 0.4) is 0 Å². The number of ether oxygens (including phenoxy) is 1. The highest BCUT2D eigenvalue weighted by Gasteiger charge is 2.38. The van der Waals surface area contributed by atoms with Gasteiger partial charge in [-0.1, -0.05) is 135 Å². The normalized spacial score (nSPS) is 11.4. The van der Waals surface area contributed by atoms with E-state index in [1.807, 2.05) is 0 Å². The minimum Gasteiger partial charge on any atom is -0.378 e. The van der Waals surface area contributed by atoms with Crippen molar-refractivity contribution in [2.45, 2.75) is 45.3 Å². The highest BCUT2D eigenvalue weighted by Crippen LogP contribution is 2.42. The molecule has 0 saturated heterocycles. The Hall–Kier alpha value is -5.12. The average Bonchev–Trinajstić information content (AvgIpc) is 3.15. The van der Waals surface area contributed by atoms with Gasteiger partial charge in [0.15, 0.2) is 0 Å². The molecule has 0 fully saturated rings. The molecule has 6 aromatic carbocycles. The number of benzene rings is 6. The highest BCUT2D eigenvalue weighted by atomic mass is 16.5. The molecule has 0 aromatic heterocycles. The largest absolute Gasteiger partial charge is 0.378 e. The van der Waals surface area contributed by atoms with E-state index in [1.165, 1.54) is 46.2 Å². The fraction of sp³-hybridized carbons (Fsp3) is 0.234. The quantitative estimate of drug-likeness (QED) is 0.115. The predicted molar refractivity (Wildman–Crippen MR) is 213 cm³/mol. The molecule has 0 aliphatic rings. The molecule has 0 N–H and O–H groups in total. The Labute approximate surface area is 299 Å². The van der Waals surface area contributed by atoms with Crippen molar-refractivity contribution in [3.05, 3.63) is 179 Å². The minimum atomic E-state index is -0.809. The zero-order valence-corrected chi connectivity index (χ0v) is 30.5. The third-order valence-electron chi connectivity index (χ3n) is 9.81. The first-order valence-electron chi connectivity index (χ1n) is 17.8. The van der Waals surface area contributed by atoms with Gasteiger partial charge < -0.3 is 14.5 Å². The smallest absolute Gasteiger partial charge is 0.144 e. The third-order valence-corrected chi connectivity index (χ3v) is 9.81. The van der Waals surface area contributed by atoms with Gasteiger partial charge in [-0.25, -0.2) is 0 Å². The molecule has 0 unspecified atom stereocenters. The van der Waals surface area contributed by atoms with Crippen molar-refractivity contribution in [1.82, 2.24) is 0 Å². The molecule has 3 nitrogen and oxygen atoms in total. The standard InChI is InChI=1S/C47H50N2O/c1-7-8-12-36-15-19-38(20-16-36)40-23-32-46(35(2)33-40)39-21-17-37(18-22-39)34-50-47(41-13-10-9-11-14-41,42-24-28-44(29-25-42)48(3)4)43-26-30-45(31-27-43)49(5)6/h9-11,13-33H,7-8,12,34H2,1-6H3. The Morgan fingerprint density at radius 3 is 1.54 bits per heavy atom. The van der Waals surface area contributed by atoms with Gasteiger partial charge in [0.2, 0.25) is 0 Å². The van der Waals surface area contributed by atoms with Crippen molar-refractivity contribution in [1.29, 1.82) is 0 Å². The number of rotatable bonds is 13. The van der Waals surface area contributed by atoms with Gasteiger partial charge in [-0.2, -0.15) is 0 Å². The Kier molecular flexibility index (Phi) is 10.8. The molecule has 0 saturated carbocycles. The monoisotopic (exact) mass is 658 g/mol. The molecule has 0 aliphatic carbocycles. The fourth-order valence-electron chi connectivity index (χ4n) is 6.80. The van der Waals surface area contributed by atoms with E-state index < -0.39 is 5.60 Å².